The second-order valence-corrected chi connectivity index (χ2v) is 1.55. The first-order valence-corrected chi connectivity index (χ1v) is 3.17. The van der Waals surface area contributed by atoms with Gasteiger partial charge in [-0.25, -0.2) is 0 Å². The number of hydrogen-bond donors (Lipinski definition) is 1. The minimum Gasteiger partial charge on any atom is -0.396 e. The Morgan fingerprint density at radius 3 is 1.78 bits per heavy atom. The van der Waals surface area contributed by atoms with E-state index in [1.54, 1.807) is 12.2 Å². The third kappa shape index (κ3) is 37.0. The number of allylic oxidation sites excluding steroid dienone is 2. The zero-order valence-corrected chi connectivity index (χ0v) is 6.14. The maximum atomic E-state index is 8.07. The molecule has 0 spiro atoms. The van der Waals surface area contributed by atoms with Gasteiger partial charge in [0.25, 0.3) is 0 Å². The monoisotopic (exact) mass is 128 g/mol. The zero-order chi connectivity index (χ0) is 7.54. The van der Waals surface area contributed by atoms with Crippen molar-refractivity contribution < 1.29 is 5.11 Å². The number of aliphatic hydroxyl groups excluding tert-OH is 1. The molecule has 0 aromatic rings. The standard InChI is InChI=1S/C4H10O.C4H6/c1-2-3-4-5;1-3-4-2/h5H,2-4H2,1H3;3-4H,1-2H2. The Hall–Kier alpha value is -0.560. The van der Waals surface area contributed by atoms with E-state index in [2.05, 4.69) is 20.1 Å². The third-order valence-corrected chi connectivity index (χ3v) is 0.678. The van der Waals surface area contributed by atoms with Crippen LogP contribution in [0.3, 0.4) is 0 Å². The summed E-state index contributed by atoms with van der Waals surface area (Å²) < 4.78 is 0. The van der Waals surface area contributed by atoms with Gasteiger partial charge in [-0.15, -0.1) is 0 Å². The molecule has 0 fully saturated rings. The molecule has 0 bridgehead atoms. The summed E-state index contributed by atoms with van der Waals surface area (Å²) >= 11 is 0. The Labute approximate surface area is 57.7 Å². The van der Waals surface area contributed by atoms with E-state index in [1.165, 1.54) is 0 Å². The summed E-state index contributed by atoms with van der Waals surface area (Å²) in [6.45, 7) is 9.12. The molecule has 0 saturated heterocycles. The molecule has 0 amide bonds. The molecule has 0 atom stereocenters. The Bertz CT molecular complexity index is 49.6. The predicted octanol–water partition coefficient (Wildman–Crippen LogP) is 2.14. The lowest BCUT2D eigenvalue weighted by Gasteiger charge is -1.79. The summed E-state index contributed by atoms with van der Waals surface area (Å²) in [6.07, 6.45) is 5.32. The third-order valence-electron chi connectivity index (χ3n) is 0.678. The lowest BCUT2D eigenvalue weighted by Crippen LogP contribution is -1.75. The number of rotatable bonds is 3. The van der Waals surface area contributed by atoms with Crippen LogP contribution in [0, 0.1) is 0 Å². The fraction of sp³-hybridized carbons (Fsp3) is 0.500. The molecule has 0 unspecified atom stereocenters. The molecule has 9 heavy (non-hydrogen) atoms. The van der Waals surface area contributed by atoms with Gasteiger partial charge in [-0.1, -0.05) is 38.7 Å². The Morgan fingerprint density at radius 1 is 1.33 bits per heavy atom. The van der Waals surface area contributed by atoms with Crippen LogP contribution in [0.25, 0.3) is 0 Å². The second-order valence-electron chi connectivity index (χ2n) is 1.55. The molecule has 0 aromatic carbocycles. The first kappa shape index (κ1) is 11.3. The Morgan fingerprint density at radius 2 is 1.78 bits per heavy atom. The van der Waals surface area contributed by atoms with Gasteiger partial charge in [0, 0.05) is 6.61 Å². The van der Waals surface area contributed by atoms with Crippen LogP contribution in [-0.4, -0.2) is 11.7 Å². The molecule has 1 heteroatoms. The van der Waals surface area contributed by atoms with Crippen molar-refractivity contribution in [1.82, 2.24) is 0 Å². The van der Waals surface area contributed by atoms with Crippen LogP contribution in [-0.2, 0) is 0 Å². The van der Waals surface area contributed by atoms with Crippen molar-refractivity contribution in [3.8, 4) is 0 Å². The highest BCUT2D eigenvalue weighted by Crippen LogP contribution is 1.78. The molecule has 0 heterocycles. The smallest absolute Gasteiger partial charge is 0.0430 e. The molecule has 0 radical (unpaired) electrons. The second kappa shape index (κ2) is 15.7. The molecule has 0 rings (SSSR count). The summed E-state index contributed by atoms with van der Waals surface area (Å²) in [7, 11) is 0. The minimum absolute atomic E-state index is 0.344. The molecule has 54 valence electrons. The highest BCUT2D eigenvalue weighted by Gasteiger charge is 1.69. The van der Waals surface area contributed by atoms with E-state index in [4.69, 9.17) is 5.11 Å². The van der Waals surface area contributed by atoms with Crippen LogP contribution in [0.4, 0.5) is 0 Å². The maximum absolute atomic E-state index is 8.07. The van der Waals surface area contributed by atoms with Crippen molar-refractivity contribution in [2.75, 3.05) is 6.61 Å². The zero-order valence-electron chi connectivity index (χ0n) is 6.14. The lowest BCUT2D eigenvalue weighted by atomic mass is 10.4. The van der Waals surface area contributed by atoms with Crippen molar-refractivity contribution in [3.63, 3.8) is 0 Å². The van der Waals surface area contributed by atoms with Crippen LogP contribution in [0.1, 0.15) is 19.8 Å². The maximum Gasteiger partial charge on any atom is 0.0430 e. The van der Waals surface area contributed by atoms with Crippen LogP contribution >= 0.6 is 0 Å². The molecule has 0 aromatic heterocycles. The van der Waals surface area contributed by atoms with Gasteiger partial charge in [-0.3, -0.25) is 0 Å². The fourth-order valence-electron chi connectivity index (χ4n) is 0.158. The van der Waals surface area contributed by atoms with Gasteiger partial charge in [-0.05, 0) is 6.42 Å². The lowest BCUT2D eigenvalue weighted by molar-refractivity contribution is 0.287. The Balaban J connectivity index is 0. The molecular weight excluding hydrogens is 112 g/mol. The van der Waals surface area contributed by atoms with E-state index in [9.17, 15) is 0 Å². The molecule has 0 saturated carbocycles. The predicted molar refractivity (Wildman–Crippen MR) is 42.4 cm³/mol. The van der Waals surface area contributed by atoms with Crippen molar-refractivity contribution in [2.24, 2.45) is 0 Å². The quantitative estimate of drug-likeness (QED) is 0.577. The highest BCUT2D eigenvalue weighted by atomic mass is 16.2. The van der Waals surface area contributed by atoms with E-state index < -0.39 is 0 Å². The topological polar surface area (TPSA) is 20.2 Å². The van der Waals surface area contributed by atoms with Crippen LogP contribution in [0.2, 0.25) is 0 Å². The highest BCUT2D eigenvalue weighted by molar-refractivity contribution is 4.88. The molecule has 1 nitrogen and oxygen atoms in total. The van der Waals surface area contributed by atoms with E-state index in [-0.39, 0.29) is 0 Å². The molecule has 0 aliphatic heterocycles. The van der Waals surface area contributed by atoms with Gasteiger partial charge >= 0.3 is 0 Å². The average molecular weight is 128 g/mol. The molecule has 0 aliphatic carbocycles. The summed E-state index contributed by atoms with van der Waals surface area (Å²) in [5.41, 5.74) is 0. The van der Waals surface area contributed by atoms with Crippen molar-refractivity contribution in [2.45, 2.75) is 19.8 Å². The summed E-state index contributed by atoms with van der Waals surface area (Å²) in [6, 6.07) is 0. The first-order valence-electron chi connectivity index (χ1n) is 3.17. The van der Waals surface area contributed by atoms with E-state index in [0.717, 1.165) is 12.8 Å². The number of aliphatic hydroxyl groups is 1. The summed E-state index contributed by atoms with van der Waals surface area (Å²) in [4.78, 5) is 0. The van der Waals surface area contributed by atoms with Gasteiger partial charge in [0.1, 0.15) is 0 Å². The van der Waals surface area contributed by atoms with Gasteiger partial charge in [0.05, 0.1) is 0 Å². The van der Waals surface area contributed by atoms with E-state index in [1.807, 2.05) is 0 Å². The van der Waals surface area contributed by atoms with Crippen LogP contribution < -0.4 is 0 Å². The largest absolute Gasteiger partial charge is 0.396 e. The summed E-state index contributed by atoms with van der Waals surface area (Å²) in [5, 5.41) is 8.07. The van der Waals surface area contributed by atoms with Gasteiger partial charge in [0.2, 0.25) is 0 Å². The van der Waals surface area contributed by atoms with Crippen molar-refractivity contribution in [1.29, 1.82) is 0 Å². The Kier molecular flexibility index (Phi) is 19.6. The van der Waals surface area contributed by atoms with E-state index in [0.29, 0.717) is 6.61 Å². The number of hydrogen-bond acceptors (Lipinski definition) is 1. The minimum atomic E-state index is 0.344. The van der Waals surface area contributed by atoms with Crippen LogP contribution in [0.15, 0.2) is 25.3 Å². The van der Waals surface area contributed by atoms with E-state index >= 15 is 0 Å². The van der Waals surface area contributed by atoms with Gasteiger partial charge in [0.15, 0.2) is 0 Å². The van der Waals surface area contributed by atoms with Gasteiger partial charge < -0.3 is 5.11 Å². The first-order chi connectivity index (χ1) is 4.33. The molecule has 1 N–H and O–H groups in total. The number of unbranched alkanes of at least 4 members (excludes halogenated alkanes) is 1. The van der Waals surface area contributed by atoms with Gasteiger partial charge in [-0.2, -0.15) is 0 Å². The SMILES string of the molecule is C=CC=C.CCCCO. The van der Waals surface area contributed by atoms with Crippen molar-refractivity contribution in [3.05, 3.63) is 25.3 Å². The molecular formula is C8H16O. The normalized spacial score (nSPS) is 6.89. The fourth-order valence-corrected chi connectivity index (χ4v) is 0.158. The molecule has 0 aliphatic rings. The summed E-state index contributed by atoms with van der Waals surface area (Å²) in [5.74, 6) is 0. The van der Waals surface area contributed by atoms with Crippen LogP contribution in [0.5, 0.6) is 0 Å². The average Bonchev–Trinajstić information content (AvgIpc) is 1.91. The van der Waals surface area contributed by atoms with Crippen molar-refractivity contribution >= 4 is 0 Å².